The molecule has 2 rings (SSSR count). The standard InChI is InChI=1S/C16H19N3/c1-11(2)12(3)10-18-16-8-13(9-17)14-6-4-5-7-15(14)19-16/h4-8,11-12H,10H2,1-3H3,(H,18,19). The highest BCUT2D eigenvalue weighted by Gasteiger charge is 2.09. The first-order chi connectivity index (χ1) is 9.11. The third-order valence-electron chi connectivity index (χ3n) is 3.58. The highest BCUT2D eigenvalue weighted by atomic mass is 15.0. The molecule has 3 nitrogen and oxygen atoms in total. The molecule has 98 valence electrons. The van der Waals surface area contributed by atoms with E-state index in [1.54, 1.807) is 0 Å². The molecule has 0 saturated carbocycles. The Kier molecular flexibility index (Phi) is 4.01. The van der Waals surface area contributed by atoms with Gasteiger partial charge in [0.25, 0.3) is 0 Å². The van der Waals surface area contributed by atoms with Crippen LogP contribution in [0.2, 0.25) is 0 Å². The second kappa shape index (κ2) is 5.71. The van der Waals surface area contributed by atoms with Crippen molar-refractivity contribution in [3.8, 4) is 6.07 Å². The second-order valence-electron chi connectivity index (χ2n) is 5.29. The van der Waals surface area contributed by atoms with E-state index < -0.39 is 0 Å². The quantitative estimate of drug-likeness (QED) is 0.901. The van der Waals surface area contributed by atoms with Gasteiger partial charge in [-0.05, 0) is 24.0 Å². The lowest BCUT2D eigenvalue weighted by molar-refractivity contribution is 0.439. The van der Waals surface area contributed by atoms with Crippen LogP contribution in [0.1, 0.15) is 26.3 Å². The summed E-state index contributed by atoms with van der Waals surface area (Å²) < 4.78 is 0. The molecule has 1 unspecified atom stereocenters. The van der Waals surface area contributed by atoms with Gasteiger partial charge in [-0.2, -0.15) is 5.26 Å². The van der Waals surface area contributed by atoms with Crippen molar-refractivity contribution in [3.63, 3.8) is 0 Å². The monoisotopic (exact) mass is 253 g/mol. The summed E-state index contributed by atoms with van der Waals surface area (Å²) in [6, 6.07) is 11.8. The van der Waals surface area contributed by atoms with Gasteiger partial charge in [0.05, 0.1) is 17.1 Å². The molecule has 0 spiro atoms. The molecule has 0 amide bonds. The Morgan fingerprint density at radius 1 is 1.26 bits per heavy atom. The number of nitriles is 1. The van der Waals surface area contributed by atoms with E-state index in [4.69, 9.17) is 0 Å². The predicted molar refractivity (Wildman–Crippen MR) is 78.9 cm³/mol. The Bertz CT molecular complexity index is 611. The second-order valence-corrected chi connectivity index (χ2v) is 5.29. The summed E-state index contributed by atoms with van der Waals surface area (Å²) >= 11 is 0. The number of aromatic nitrogens is 1. The van der Waals surface area contributed by atoms with E-state index in [0.29, 0.717) is 17.4 Å². The number of hydrogen-bond donors (Lipinski definition) is 1. The Labute approximate surface area is 114 Å². The summed E-state index contributed by atoms with van der Waals surface area (Å²) in [6.07, 6.45) is 0. The van der Waals surface area contributed by atoms with Crippen LogP contribution in [0.25, 0.3) is 10.9 Å². The maximum Gasteiger partial charge on any atom is 0.127 e. The molecule has 1 N–H and O–H groups in total. The molecule has 1 heterocycles. The molecule has 1 aromatic carbocycles. The molecular formula is C16H19N3. The zero-order valence-corrected chi connectivity index (χ0v) is 11.6. The number of nitrogens with one attached hydrogen (secondary N) is 1. The number of benzene rings is 1. The van der Waals surface area contributed by atoms with E-state index in [1.807, 2.05) is 30.3 Å². The molecule has 0 bridgehead atoms. The molecule has 0 saturated heterocycles. The maximum absolute atomic E-state index is 9.22. The lowest BCUT2D eigenvalue weighted by atomic mass is 9.98. The first-order valence-electron chi connectivity index (χ1n) is 6.65. The van der Waals surface area contributed by atoms with Crippen molar-refractivity contribution in [1.29, 1.82) is 5.26 Å². The van der Waals surface area contributed by atoms with Crippen LogP contribution in [-0.4, -0.2) is 11.5 Å². The Hall–Kier alpha value is -2.08. The van der Waals surface area contributed by atoms with Crippen LogP contribution >= 0.6 is 0 Å². The van der Waals surface area contributed by atoms with Crippen molar-refractivity contribution in [2.24, 2.45) is 11.8 Å². The van der Waals surface area contributed by atoms with Crippen LogP contribution in [0.4, 0.5) is 5.82 Å². The summed E-state index contributed by atoms with van der Waals surface area (Å²) in [7, 11) is 0. The van der Waals surface area contributed by atoms with Gasteiger partial charge in [-0.3, -0.25) is 0 Å². The Balaban J connectivity index is 2.28. The minimum atomic E-state index is 0.568. The molecule has 2 aromatic rings. The van der Waals surface area contributed by atoms with Crippen molar-refractivity contribution < 1.29 is 0 Å². The normalized spacial score (nSPS) is 12.4. The van der Waals surface area contributed by atoms with Crippen molar-refractivity contribution in [2.75, 3.05) is 11.9 Å². The first-order valence-corrected chi connectivity index (χ1v) is 6.65. The maximum atomic E-state index is 9.22. The Morgan fingerprint density at radius 2 is 2.00 bits per heavy atom. The number of para-hydroxylation sites is 1. The van der Waals surface area contributed by atoms with Gasteiger partial charge in [-0.1, -0.05) is 39.0 Å². The van der Waals surface area contributed by atoms with Crippen molar-refractivity contribution in [1.82, 2.24) is 4.98 Å². The van der Waals surface area contributed by atoms with E-state index in [0.717, 1.165) is 23.3 Å². The predicted octanol–water partition coefficient (Wildman–Crippen LogP) is 3.81. The van der Waals surface area contributed by atoms with Crippen molar-refractivity contribution in [3.05, 3.63) is 35.9 Å². The van der Waals surface area contributed by atoms with Gasteiger partial charge >= 0.3 is 0 Å². The number of fused-ring (bicyclic) bond motifs is 1. The van der Waals surface area contributed by atoms with Gasteiger partial charge in [-0.15, -0.1) is 0 Å². The van der Waals surface area contributed by atoms with E-state index in [-0.39, 0.29) is 0 Å². The highest BCUT2D eigenvalue weighted by molar-refractivity contribution is 5.86. The number of anilines is 1. The highest BCUT2D eigenvalue weighted by Crippen LogP contribution is 2.20. The average molecular weight is 253 g/mol. The fraction of sp³-hybridized carbons (Fsp3) is 0.375. The van der Waals surface area contributed by atoms with Crippen LogP contribution in [0.5, 0.6) is 0 Å². The summed E-state index contributed by atoms with van der Waals surface area (Å²) in [5.74, 6) is 1.98. The zero-order valence-electron chi connectivity index (χ0n) is 11.6. The van der Waals surface area contributed by atoms with Crippen LogP contribution in [0.3, 0.4) is 0 Å². The number of rotatable bonds is 4. The fourth-order valence-electron chi connectivity index (χ4n) is 1.86. The number of hydrogen-bond acceptors (Lipinski definition) is 3. The van der Waals surface area contributed by atoms with Gasteiger partial charge in [0.2, 0.25) is 0 Å². The molecule has 19 heavy (non-hydrogen) atoms. The lowest BCUT2D eigenvalue weighted by Gasteiger charge is -2.16. The summed E-state index contributed by atoms with van der Waals surface area (Å²) in [6.45, 7) is 7.50. The van der Waals surface area contributed by atoms with Gasteiger partial charge in [0.1, 0.15) is 5.82 Å². The van der Waals surface area contributed by atoms with Crippen LogP contribution in [-0.2, 0) is 0 Å². The molecule has 0 radical (unpaired) electrons. The molecule has 0 aliphatic rings. The molecule has 3 heteroatoms. The van der Waals surface area contributed by atoms with Crippen LogP contribution < -0.4 is 5.32 Å². The van der Waals surface area contributed by atoms with E-state index in [1.165, 1.54) is 0 Å². The van der Waals surface area contributed by atoms with Gasteiger partial charge < -0.3 is 5.32 Å². The average Bonchev–Trinajstić information content (AvgIpc) is 2.43. The first kappa shape index (κ1) is 13.4. The minimum absolute atomic E-state index is 0.568. The van der Waals surface area contributed by atoms with Gasteiger partial charge in [-0.25, -0.2) is 4.98 Å². The van der Waals surface area contributed by atoms with Gasteiger partial charge in [0.15, 0.2) is 0 Å². The third-order valence-corrected chi connectivity index (χ3v) is 3.58. The smallest absolute Gasteiger partial charge is 0.127 e. The minimum Gasteiger partial charge on any atom is -0.370 e. The summed E-state index contributed by atoms with van der Waals surface area (Å²) in [4.78, 5) is 4.55. The van der Waals surface area contributed by atoms with E-state index >= 15 is 0 Å². The third kappa shape index (κ3) is 3.03. The van der Waals surface area contributed by atoms with Crippen LogP contribution in [0, 0.1) is 23.2 Å². The topological polar surface area (TPSA) is 48.7 Å². The zero-order chi connectivity index (χ0) is 13.8. The SMILES string of the molecule is CC(C)C(C)CNc1cc(C#N)c2ccccc2n1. The summed E-state index contributed by atoms with van der Waals surface area (Å²) in [5, 5.41) is 13.5. The summed E-state index contributed by atoms with van der Waals surface area (Å²) in [5.41, 5.74) is 1.53. The molecule has 0 aliphatic heterocycles. The van der Waals surface area contributed by atoms with Crippen LogP contribution in [0.15, 0.2) is 30.3 Å². The Morgan fingerprint density at radius 3 is 2.68 bits per heavy atom. The van der Waals surface area contributed by atoms with E-state index in [2.05, 4.69) is 37.1 Å². The molecular weight excluding hydrogens is 234 g/mol. The largest absolute Gasteiger partial charge is 0.370 e. The number of pyridine rings is 1. The molecule has 0 fully saturated rings. The molecule has 1 aromatic heterocycles. The van der Waals surface area contributed by atoms with Crippen molar-refractivity contribution in [2.45, 2.75) is 20.8 Å². The van der Waals surface area contributed by atoms with Gasteiger partial charge in [0, 0.05) is 11.9 Å². The fourth-order valence-corrected chi connectivity index (χ4v) is 1.86. The van der Waals surface area contributed by atoms with E-state index in [9.17, 15) is 5.26 Å². The number of nitrogens with zero attached hydrogens (tertiary/aromatic N) is 2. The molecule has 1 atom stereocenters. The lowest BCUT2D eigenvalue weighted by Crippen LogP contribution is -2.16. The molecule has 0 aliphatic carbocycles. The van der Waals surface area contributed by atoms with Crippen molar-refractivity contribution >= 4 is 16.7 Å².